The SMILES string of the molecule is CC(=O)Nc1ccc(C)c(NC(=O)NC(CN2CCCC2=O)c2ccccc2)c1. The number of amides is 4. The fraction of sp³-hybridized carbons (Fsp3) is 0.318. The molecule has 152 valence electrons. The second-order valence-corrected chi connectivity index (χ2v) is 7.22. The number of anilines is 2. The van der Waals surface area contributed by atoms with Crippen LogP contribution in [-0.2, 0) is 9.59 Å². The lowest BCUT2D eigenvalue weighted by atomic mass is 10.1. The van der Waals surface area contributed by atoms with Crippen LogP contribution in [0.5, 0.6) is 0 Å². The molecule has 0 aliphatic carbocycles. The molecule has 0 radical (unpaired) electrons. The van der Waals surface area contributed by atoms with E-state index in [1.807, 2.05) is 43.3 Å². The van der Waals surface area contributed by atoms with Crippen molar-refractivity contribution in [2.24, 2.45) is 0 Å². The van der Waals surface area contributed by atoms with Gasteiger partial charge in [0.2, 0.25) is 11.8 Å². The minimum Gasteiger partial charge on any atom is -0.340 e. The van der Waals surface area contributed by atoms with Gasteiger partial charge in [0.05, 0.1) is 6.04 Å². The molecular formula is C22H26N4O3. The summed E-state index contributed by atoms with van der Waals surface area (Å²) in [7, 11) is 0. The van der Waals surface area contributed by atoms with Gasteiger partial charge >= 0.3 is 6.03 Å². The standard InChI is InChI=1S/C22H26N4O3/c1-15-10-11-18(23-16(2)27)13-19(15)24-22(29)25-20(17-7-4-3-5-8-17)14-26-12-6-9-21(26)28/h3-5,7-8,10-11,13,20H,6,9,12,14H2,1-2H3,(H,23,27)(H2,24,25,29). The van der Waals surface area contributed by atoms with Gasteiger partial charge < -0.3 is 20.9 Å². The van der Waals surface area contributed by atoms with E-state index in [4.69, 9.17) is 0 Å². The van der Waals surface area contributed by atoms with Gasteiger partial charge in [0.25, 0.3) is 0 Å². The van der Waals surface area contributed by atoms with Gasteiger partial charge in [0.1, 0.15) is 0 Å². The molecule has 1 atom stereocenters. The Morgan fingerprint density at radius 2 is 1.86 bits per heavy atom. The summed E-state index contributed by atoms with van der Waals surface area (Å²) < 4.78 is 0. The highest BCUT2D eigenvalue weighted by Crippen LogP contribution is 2.22. The Labute approximate surface area is 170 Å². The molecule has 2 aromatic carbocycles. The molecule has 0 saturated carbocycles. The van der Waals surface area contributed by atoms with Crippen LogP contribution in [0.1, 0.15) is 36.9 Å². The van der Waals surface area contributed by atoms with Gasteiger partial charge in [-0.25, -0.2) is 4.79 Å². The Morgan fingerprint density at radius 3 is 2.52 bits per heavy atom. The summed E-state index contributed by atoms with van der Waals surface area (Å²) in [6.45, 7) is 4.46. The third-order valence-electron chi connectivity index (χ3n) is 4.89. The molecule has 1 heterocycles. The summed E-state index contributed by atoms with van der Waals surface area (Å²) >= 11 is 0. The van der Waals surface area contributed by atoms with Crippen LogP contribution in [0.25, 0.3) is 0 Å². The predicted octanol–water partition coefficient (Wildman–Crippen LogP) is 3.44. The number of rotatable bonds is 6. The molecule has 3 rings (SSSR count). The Kier molecular flexibility index (Phi) is 6.49. The first-order valence-electron chi connectivity index (χ1n) is 9.71. The van der Waals surface area contributed by atoms with E-state index in [0.717, 1.165) is 17.5 Å². The first-order chi connectivity index (χ1) is 13.9. The van der Waals surface area contributed by atoms with E-state index in [9.17, 15) is 14.4 Å². The van der Waals surface area contributed by atoms with Crippen LogP contribution < -0.4 is 16.0 Å². The van der Waals surface area contributed by atoms with Gasteiger partial charge in [0, 0.05) is 37.8 Å². The van der Waals surface area contributed by atoms with E-state index in [0.29, 0.717) is 30.9 Å². The molecule has 29 heavy (non-hydrogen) atoms. The molecule has 1 unspecified atom stereocenters. The maximum Gasteiger partial charge on any atom is 0.319 e. The molecule has 2 aromatic rings. The van der Waals surface area contributed by atoms with E-state index >= 15 is 0 Å². The van der Waals surface area contributed by atoms with Crippen LogP contribution in [0.15, 0.2) is 48.5 Å². The van der Waals surface area contributed by atoms with Crippen molar-refractivity contribution in [3.05, 3.63) is 59.7 Å². The number of benzene rings is 2. The van der Waals surface area contributed by atoms with Crippen LogP contribution in [0, 0.1) is 6.92 Å². The molecule has 0 spiro atoms. The zero-order chi connectivity index (χ0) is 20.8. The van der Waals surface area contributed by atoms with Gasteiger partial charge in [-0.1, -0.05) is 36.4 Å². The zero-order valence-electron chi connectivity index (χ0n) is 16.7. The summed E-state index contributed by atoms with van der Waals surface area (Å²) in [6.07, 6.45) is 1.41. The second kappa shape index (κ2) is 9.23. The average molecular weight is 394 g/mol. The number of urea groups is 1. The van der Waals surface area contributed by atoms with Crippen molar-refractivity contribution in [1.29, 1.82) is 0 Å². The zero-order valence-corrected chi connectivity index (χ0v) is 16.7. The first kappa shape index (κ1) is 20.4. The van der Waals surface area contributed by atoms with Crippen molar-refractivity contribution in [2.45, 2.75) is 32.7 Å². The van der Waals surface area contributed by atoms with Crippen LogP contribution in [0.2, 0.25) is 0 Å². The number of carbonyl (C=O) groups is 3. The molecule has 0 bridgehead atoms. The quantitative estimate of drug-likeness (QED) is 0.701. The maximum atomic E-state index is 12.7. The molecular weight excluding hydrogens is 368 g/mol. The number of hydrogen-bond donors (Lipinski definition) is 3. The molecule has 1 aliphatic heterocycles. The van der Waals surface area contributed by atoms with E-state index in [1.165, 1.54) is 6.92 Å². The lowest BCUT2D eigenvalue weighted by molar-refractivity contribution is -0.128. The smallest absolute Gasteiger partial charge is 0.319 e. The molecule has 1 fully saturated rings. The van der Waals surface area contributed by atoms with Gasteiger partial charge in [-0.2, -0.15) is 0 Å². The van der Waals surface area contributed by atoms with E-state index in [2.05, 4.69) is 16.0 Å². The average Bonchev–Trinajstić information content (AvgIpc) is 3.09. The molecule has 3 N–H and O–H groups in total. The van der Waals surface area contributed by atoms with Crippen molar-refractivity contribution in [3.8, 4) is 0 Å². The molecule has 1 aliphatic rings. The topological polar surface area (TPSA) is 90.5 Å². The summed E-state index contributed by atoms with van der Waals surface area (Å²) in [5.74, 6) is -0.0596. The number of nitrogens with one attached hydrogen (secondary N) is 3. The second-order valence-electron chi connectivity index (χ2n) is 7.22. The number of likely N-dealkylation sites (tertiary alicyclic amines) is 1. The largest absolute Gasteiger partial charge is 0.340 e. The summed E-state index contributed by atoms with van der Waals surface area (Å²) in [5.41, 5.74) is 3.03. The monoisotopic (exact) mass is 394 g/mol. The summed E-state index contributed by atoms with van der Waals surface area (Å²) in [4.78, 5) is 37.8. The number of carbonyl (C=O) groups excluding carboxylic acids is 3. The Morgan fingerprint density at radius 1 is 1.10 bits per heavy atom. The normalized spacial score (nSPS) is 14.4. The van der Waals surface area contributed by atoms with Crippen LogP contribution in [0.4, 0.5) is 16.2 Å². The van der Waals surface area contributed by atoms with E-state index in [1.54, 1.807) is 17.0 Å². The van der Waals surface area contributed by atoms with Crippen molar-refractivity contribution < 1.29 is 14.4 Å². The van der Waals surface area contributed by atoms with Gasteiger partial charge in [-0.3, -0.25) is 9.59 Å². The highest BCUT2D eigenvalue weighted by atomic mass is 16.2. The lowest BCUT2D eigenvalue weighted by Crippen LogP contribution is -2.40. The Hall–Kier alpha value is -3.35. The van der Waals surface area contributed by atoms with Crippen LogP contribution in [0.3, 0.4) is 0 Å². The van der Waals surface area contributed by atoms with Crippen molar-refractivity contribution in [1.82, 2.24) is 10.2 Å². The van der Waals surface area contributed by atoms with Crippen molar-refractivity contribution in [3.63, 3.8) is 0 Å². The fourth-order valence-electron chi connectivity index (χ4n) is 3.39. The Bertz CT molecular complexity index is 898. The molecule has 7 heteroatoms. The third-order valence-corrected chi connectivity index (χ3v) is 4.89. The highest BCUT2D eigenvalue weighted by Gasteiger charge is 2.25. The predicted molar refractivity (Wildman–Crippen MR) is 113 cm³/mol. The fourth-order valence-corrected chi connectivity index (χ4v) is 3.39. The summed E-state index contributed by atoms with van der Waals surface area (Å²) in [6, 6.07) is 14.3. The molecule has 4 amide bonds. The minimum absolute atomic E-state index is 0.118. The molecule has 0 aromatic heterocycles. The highest BCUT2D eigenvalue weighted by molar-refractivity contribution is 5.93. The van der Waals surface area contributed by atoms with Gasteiger partial charge in [0.15, 0.2) is 0 Å². The molecule has 1 saturated heterocycles. The van der Waals surface area contributed by atoms with Crippen molar-refractivity contribution >= 4 is 29.2 Å². The van der Waals surface area contributed by atoms with E-state index < -0.39 is 0 Å². The van der Waals surface area contributed by atoms with E-state index in [-0.39, 0.29) is 23.9 Å². The van der Waals surface area contributed by atoms with Crippen LogP contribution >= 0.6 is 0 Å². The lowest BCUT2D eigenvalue weighted by Gasteiger charge is -2.25. The minimum atomic E-state index is -0.367. The van der Waals surface area contributed by atoms with Gasteiger partial charge in [-0.15, -0.1) is 0 Å². The molecule has 7 nitrogen and oxygen atoms in total. The Balaban J connectivity index is 1.73. The van der Waals surface area contributed by atoms with Crippen LogP contribution in [-0.4, -0.2) is 35.8 Å². The maximum absolute atomic E-state index is 12.7. The van der Waals surface area contributed by atoms with Crippen molar-refractivity contribution in [2.75, 3.05) is 23.7 Å². The third kappa shape index (κ3) is 5.57. The first-order valence-corrected chi connectivity index (χ1v) is 9.71. The number of hydrogen-bond acceptors (Lipinski definition) is 3. The number of aryl methyl sites for hydroxylation is 1. The summed E-state index contributed by atoms with van der Waals surface area (Å²) in [5, 5.41) is 8.55. The number of nitrogens with zero attached hydrogens (tertiary/aromatic N) is 1. The van der Waals surface area contributed by atoms with Gasteiger partial charge in [-0.05, 0) is 36.6 Å².